The molecule has 2 aromatic rings. The summed E-state index contributed by atoms with van der Waals surface area (Å²) >= 11 is 3.03. The van der Waals surface area contributed by atoms with Crippen LogP contribution in [0.5, 0.6) is 0 Å². The molecule has 0 fully saturated rings. The summed E-state index contributed by atoms with van der Waals surface area (Å²) in [6, 6.07) is 3.65. The Morgan fingerprint density at radius 2 is 1.92 bits per heavy atom. The highest BCUT2D eigenvalue weighted by molar-refractivity contribution is 9.10. The van der Waals surface area contributed by atoms with Gasteiger partial charge in [-0.25, -0.2) is 21.6 Å². The molecule has 0 aliphatic rings. The van der Waals surface area contributed by atoms with Crippen LogP contribution in [0.3, 0.4) is 0 Å². The van der Waals surface area contributed by atoms with Crippen molar-refractivity contribution in [2.45, 2.75) is 6.92 Å². The van der Waals surface area contributed by atoms with Gasteiger partial charge in [-0.2, -0.15) is 4.39 Å². The van der Waals surface area contributed by atoms with Crippen molar-refractivity contribution < 1.29 is 27.1 Å². The van der Waals surface area contributed by atoms with Crippen molar-refractivity contribution >= 4 is 43.3 Å². The van der Waals surface area contributed by atoms with Crippen LogP contribution < -0.4 is 10.9 Å². The van der Waals surface area contributed by atoms with E-state index in [0.717, 1.165) is 13.0 Å². The summed E-state index contributed by atoms with van der Waals surface area (Å²) in [5.41, 5.74) is -3.99. The number of nitrogens with zero attached hydrogens (tertiary/aromatic N) is 1. The predicted octanol–water partition coefficient (Wildman–Crippen LogP) is 2.45. The van der Waals surface area contributed by atoms with Crippen molar-refractivity contribution in [3.63, 3.8) is 0 Å². The van der Waals surface area contributed by atoms with Crippen LogP contribution in [0, 0.1) is 18.6 Å². The van der Waals surface area contributed by atoms with Crippen molar-refractivity contribution in [2.75, 3.05) is 11.6 Å². The number of benzene rings is 1. The Labute approximate surface area is 149 Å². The average Bonchev–Trinajstić information content (AvgIpc) is 2.45. The summed E-state index contributed by atoms with van der Waals surface area (Å²) in [4.78, 5) is 23.5. The van der Waals surface area contributed by atoms with E-state index >= 15 is 0 Å². The van der Waals surface area contributed by atoms with Crippen LogP contribution in [-0.2, 0) is 10.0 Å². The molecule has 1 heterocycles. The lowest BCUT2D eigenvalue weighted by atomic mass is 10.1. The Morgan fingerprint density at radius 1 is 1.32 bits per heavy atom. The molecule has 1 aromatic heterocycles. The number of aromatic nitrogens is 1. The maximum absolute atomic E-state index is 14.4. The lowest BCUT2D eigenvalue weighted by molar-refractivity contribution is 0.0696. The van der Waals surface area contributed by atoms with Gasteiger partial charge < -0.3 is 10.4 Å². The number of anilines is 2. The number of carboxylic acid groups (broad SMARTS) is 1. The van der Waals surface area contributed by atoms with Crippen LogP contribution in [-0.4, -0.2) is 29.7 Å². The second-order valence-electron chi connectivity index (χ2n) is 5.04. The van der Waals surface area contributed by atoms with Crippen molar-refractivity contribution in [2.24, 2.45) is 0 Å². The van der Waals surface area contributed by atoms with Crippen LogP contribution in [0.4, 0.5) is 20.2 Å². The fourth-order valence-electron chi connectivity index (χ4n) is 2.24. The van der Waals surface area contributed by atoms with Gasteiger partial charge in [0.1, 0.15) is 11.4 Å². The van der Waals surface area contributed by atoms with E-state index in [2.05, 4.69) is 21.2 Å². The third-order valence-electron chi connectivity index (χ3n) is 3.24. The smallest absolute Gasteiger partial charge is 0.339 e. The van der Waals surface area contributed by atoms with E-state index in [4.69, 9.17) is 0 Å². The van der Waals surface area contributed by atoms with Gasteiger partial charge in [0.2, 0.25) is 15.8 Å². The van der Waals surface area contributed by atoms with E-state index in [9.17, 15) is 31.9 Å². The molecule has 2 N–H and O–H groups in total. The predicted molar refractivity (Wildman–Crippen MR) is 90.0 cm³/mol. The summed E-state index contributed by atoms with van der Waals surface area (Å²) in [6.07, 6.45) is 0.633. The van der Waals surface area contributed by atoms with Crippen molar-refractivity contribution in [1.29, 1.82) is 0 Å². The zero-order valence-electron chi connectivity index (χ0n) is 12.8. The number of pyridine rings is 1. The lowest BCUT2D eigenvalue weighted by Crippen LogP contribution is -2.33. The maximum Gasteiger partial charge on any atom is 0.339 e. The van der Waals surface area contributed by atoms with Gasteiger partial charge in [-0.05, 0) is 25.1 Å². The monoisotopic (exact) mass is 436 g/mol. The van der Waals surface area contributed by atoms with Crippen LogP contribution in [0.25, 0.3) is 0 Å². The van der Waals surface area contributed by atoms with Crippen molar-refractivity contribution in [3.05, 3.63) is 55.9 Å². The molecule has 0 saturated heterocycles. The Morgan fingerprint density at radius 3 is 2.40 bits per heavy atom. The van der Waals surface area contributed by atoms with Gasteiger partial charge in [0.15, 0.2) is 0 Å². The zero-order valence-corrected chi connectivity index (χ0v) is 15.2. The molecule has 0 atom stereocenters. The molecular formula is C14H11BrF2N2O5S. The summed E-state index contributed by atoms with van der Waals surface area (Å²) in [5.74, 6) is -4.18. The first-order valence-corrected chi connectivity index (χ1v) is 9.20. The highest BCUT2D eigenvalue weighted by Gasteiger charge is 2.28. The first-order valence-electron chi connectivity index (χ1n) is 6.56. The average molecular weight is 437 g/mol. The van der Waals surface area contributed by atoms with Crippen LogP contribution in [0.15, 0.2) is 27.5 Å². The van der Waals surface area contributed by atoms with E-state index in [1.807, 2.05) is 0 Å². The molecule has 0 spiro atoms. The molecule has 1 aromatic carbocycles. The topological polar surface area (TPSA) is 105 Å². The number of hydrogen-bond acceptors (Lipinski definition) is 5. The number of rotatable bonds is 4. The van der Waals surface area contributed by atoms with Gasteiger partial charge in [0.25, 0.3) is 0 Å². The van der Waals surface area contributed by atoms with Gasteiger partial charge in [0, 0.05) is 4.47 Å². The SMILES string of the molecule is Cc1c(C(=O)O)c(Nc2ccc(Br)cc2F)c(F)c(=O)n1S(C)(=O)=O. The summed E-state index contributed by atoms with van der Waals surface area (Å²) in [5, 5.41) is 11.5. The number of halogens is 3. The van der Waals surface area contributed by atoms with E-state index in [-0.39, 0.29) is 9.66 Å². The second kappa shape index (κ2) is 6.56. The zero-order chi connectivity index (χ0) is 19.1. The summed E-state index contributed by atoms with van der Waals surface area (Å²) in [7, 11) is -4.25. The minimum absolute atomic E-state index is 0.0505. The molecular weight excluding hydrogens is 426 g/mol. The first-order chi connectivity index (χ1) is 11.4. The number of carbonyl (C=O) groups is 1. The molecule has 2 rings (SSSR count). The lowest BCUT2D eigenvalue weighted by Gasteiger charge is -2.16. The number of hydrogen-bond donors (Lipinski definition) is 2. The van der Waals surface area contributed by atoms with Crippen molar-refractivity contribution in [3.8, 4) is 0 Å². The summed E-state index contributed by atoms with van der Waals surface area (Å²) < 4.78 is 52.2. The molecule has 11 heteroatoms. The van der Waals surface area contributed by atoms with Crippen molar-refractivity contribution in [1.82, 2.24) is 3.97 Å². The molecule has 7 nitrogen and oxygen atoms in total. The molecule has 0 amide bonds. The van der Waals surface area contributed by atoms with Crippen LogP contribution >= 0.6 is 15.9 Å². The number of carboxylic acids is 1. The van der Waals surface area contributed by atoms with Gasteiger partial charge in [-0.3, -0.25) is 4.79 Å². The highest BCUT2D eigenvalue weighted by atomic mass is 79.9. The molecule has 0 unspecified atom stereocenters. The van der Waals surface area contributed by atoms with Gasteiger partial charge in [0.05, 0.1) is 23.3 Å². The van der Waals surface area contributed by atoms with E-state index in [0.29, 0.717) is 10.7 Å². The number of nitrogens with one attached hydrogen (secondary N) is 1. The molecule has 25 heavy (non-hydrogen) atoms. The molecule has 0 bridgehead atoms. The largest absolute Gasteiger partial charge is 0.478 e. The van der Waals surface area contributed by atoms with E-state index < -0.39 is 50.1 Å². The van der Waals surface area contributed by atoms with Gasteiger partial charge in [-0.15, -0.1) is 0 Å². The Bertz CT molecular complexity index is 1050. The van der Waals surface area contributed by atoms with Gasteiger partial charge in [-0.1, -0.05) is 15.9 Å². The molecule has 0 aliphatic carbocycles. The minimum Gasteiger partial charge on any atom is -0.478 e. The van der Waals surface area contributed by atoms with Crippen LogP contribution in [0.1, 0.15) is 16.1 Å². The van der Waals surface area contributed by atoms with E-state index in [1.54, 1.807) is 0 Å². The molecule has 0 aliphatic heterocycles. The Hall–Kier alpha value is -2.27. The third-order valence-corrected chi connectivity index (χ3v) is 4.84. The molecule has 134 valence electrons. The number of aromatic carboxylic acids is 1. The normalized spacial score (nSPS) is 11.4. The Kier molecular flexibility index (Phi) is 5.00. The standard InChI is InChI=1S/C14H11BrF2N2O5S/c1-6-10(14(21)22)12(11(17)13(20)19(6)25(2,23)24)18-9-4-3-7(15)5-8(9)16/h3-5,18H,1-2H3,(H,21,22). The fourth-order valence-corrected chi connectivity index (χ4v) is 3.55. The van der Waals surface area contributed by atoms with Gasteiger partial charge >= 0.3 is 11.5 Å². The quantitative estimate of drug-likeness (QED) is 0.762. The first kappa shape index (κ1) is 19.1. The molecule has 0 saturated carbocycles. The maximum atomic E-state index is 14.4. The fraction of sp³-hybridized carbons (Fsp3) is 0.143. The second-order valence-corrected chi connectivity index (χ2v) is 7.78. The highest BCUT2D eigenvalue weighted by Crippen LogP contribution is 2.28. The Balaban J connectivity index is 2.83. The minimum atomic E-state index is -4.25. The van der Waals surface area contributed by atoms with Crippen LogP contribution in [0.2, 0.25) is 0 Å². The molecule has 0 radical (unpaired) electrons. The third kappa shape index (κ3) is 3.56. The summed E-state index contributed by atoms with van der Waals surface area (Å²) in [6.45, 7) is 1.04. The van der Waals surface area contributed by atoms with E-state index in [1.165, 1.54) is 12.1 Å².